The van der Waals surface area contributed by atoms with E-state index in [0.717, 1.165) is 0 Å². The molecule has 0 aliphatic carbocycles. The van der Waals surface area contributed by atoms with Gasteiger partial charge in [-0.25, -0.2) is 9.97 Å². The van der Waals surface area contributed by atoms with E-state index in [2.05, 4.69) is 9.97 Å². The van der Waals surface area contributed by atoms with Gasteiger partial charge in [-0.05, 0) is 11.6 Å². The highest BCUT2D eigenvalue weighted by molar-refractivity contribution is 6.28. The molecule has 0 aromatic carbocycles. The highest BCUT2D eigenvalue weighted by Crippen LogP contribution is 2.24. The minimum atomic E-state index is -0.967. The average Bonchev–Trinajstić information content (AvgIpc) is 2.62. The Morgan fingerprint density at radius 3 is 2.62 bits per heavy atom. The van der Waals surface area contributed by atoms with Gasteiger partial charge in [0, 0.05) is 13.0 Å². The molecule has 16 heavy (non-hydrogen) atoms. The molecule has 1 aliphatic rings. The molecule has 7 heteroatoms. The van der Waals surface area contributed by atoms with Crippen LogP contribution in [0.2, 0.25) is 5.28 Å². The summed E-state index contributed by atoms with van der Waals surface area (Å²) in [7, 11) is 0. The molecule has 0 spiro atoms. The number of carboxylic acids is 1. The zero-order valence-electron chi connectivity index (χ0n) is 8.13. The molecule has 1 amide bonds. The Kier molecular flexibility index (Phi) is 2.74. The Hall–Kier alpha value is -1.69. The van der Waals surface area contributed by atoms with Crippen LogP contribution in [0.1, 0.15) is 6.42 Å². The Labute approximate surface area is 95.9 Å². The van der Waals surface area contributed by atoms with Crippen molar-refractivity contribution in [3.8, 4) is 0 Å². The first-order valence-electron chi connectivity index (χ1n) is 4.58. The highest BCUT2D eigenvalue weighted by Gasteiger charge is 2.35. The summed E-state index contributed by atoms with van der Waals surface area (Å²) in [4.78, 5) is 31.1. The summed E-state index contributed by atoms with van der Waals surface area (Å²) >= 11 is 5.51. The monoisotopic (exact) mass is 241 g/mol. The van der Waals surface area contributed by atoms with Crippen molar-refractivity contribution in [3.05, 3.63) is 17.7 Å². The van der Waals surface area contributed by atoms with Crippen LogP contribution < -0.4 is 4.90 Å². The highest BCUT2D eigenvalue weighted by atomic mass is 35.5. The first kappa shape index (κ1) is 10.8. The van der Waals surface area contributed by atoms with Gasteiger partial charge in [-0.2, -0.15) is 0 Å². The van der Waals surface area contributed by atoms with Gasteiger partial charge in [-0.1, -0.05) is 0 Å². The van der Waals surface area contributed by atoms with Crippen molar-refractivity contribution in [2.75, 3.05) is 11.4 Å². The van der Waals surface area contributed by atoms with Crippen molar-refractivity contribution in [2.45, 2.75) is 6.42 Å². The number of carbonyl (C=O) groups is 2. The minimum Gasteiger partial charge on any atom is -0.481 e. The molecule has 2 heterocycles. The third-order valence-corrected chi connectivity index (χ3v) is 2.59. The van der Waals surface area contributed by atoms with Crippen LogP contribution in [-0.4, -0.2) is 33.5 Å². The molecule has 1 aromatic heterocycles. The summed E-state index contributed by atoms with van der Waals surface area (Å²) in [5, 5.41) is 8.90. The van der Waals surface area contributed by atoms with E-state index in [1.54, 1.807) is 0 Å². The van der Waals surface area contributed by atoms with Crippen molar-refractivity contribution >= 4 is 29.2 Å². The number of nitrogens with zero attached hydrogens (tertiary/aromatic N) is 3. The predicted octanol–water partition coefficient (Wildman–Crippen LogP) is 0.568. The van der Waals surface area contributed by atoms with Crippen LogP contribution in [0.4, 0.5) is 5.69 Å². The number of anilines is 1. The molecule has 1 atom stereocenters. The van der Waals surface area contributed by atoms with E-state index in [-0.39, 0.29) is 24.2 Å². The van der Waals surface area contributed by atoms with Crippen molar-refractivity contribution in [1.29, 1.82) is 0 Å². The molecule has 1 saturated heterocycles. The number of hydrogen-bond donors (Lipinski definition) is 1. The quantitative estimate of drug-likeness (QED) is 0.766. The van der Waals surface area contributed by atoms with Gasteiger partial charge in [-0.3, -0.25) is 9.59 Å². The van der Waals surface area contributed by atoms with Gasteiger partial charge >= 0.3 is 5.97 Å². The van der Waals surface area contributed by atoms with Crippen LogP contribution in [0.5, 0.6) is 0 Å². The molecule has 1 aliphatic heterocycles. The average molecular weight is 242 g/mol. The summed E-state index contributed by atoms with van der Waals surface area (Å²) in [5.41, 5.74) is 0.471. The van der Waals surface area contributed by atoms with E-state index in [0.29, 0.717) is 5.69 Å². The lowest BCUT2D eigenvalue weighted by molar-refractivity contribution is -0.141. The minimum absolute atomic E-state index is 0.0119. The second kappa shape index (κ2) is 4.05. The second-order valence-corrected chi connectivity index (χ2v) is 3.79. The van der Waals surface area contributed by atoms with Crippen LogP contribution >= 0.6 is 11.6 Å². The lowest BCUT2D eigenvalue weighted by atomic mass is 10.1. The first-order chi connectivity index (χ1) is 7.58. The predicted molar refractivity (Wildman–Crippen MR) is 55.1 cm³/mol. The third-order valence-electron chi connectivity index (χ3n) is 2.39. The number of carbonyl (C=O) groups excluding carboxylic acids is 1. The van der Waals surface area contributed by atoms with E-state index in [4.69, 9.17) is 16.7 Å². The number of halogens is 1. The van der Waals surface area contributed by atoms with Gasteiger partial charge in [0.1, 0.15) is 0 Å². The summed E-state index contributed by atoms with van der Waals surface area (Å²) in [6, 6.07) is 0. The first-order valence-corrected chi connectivity index (χ1v) is 4.96. The number of hydrogen-bond acceptors (Lipinski definition) is 4. The van der Waals surface area contributed by atoms with E-state index in [9.17, 15) is 9.59 Å². The summed E-state index contributed by atoms with van der Waals surface area (Å²) in [6.07, 6.45) is 2.81. The Morgan fingerprint density at radius 1 is 1.50 bits per heavy atom. The fraction of sp³-hybridized carbons (Fsp3) is 0.333. The lowest BCUT2D eigenvalue weighted by Crippen LogP contribution is -2.26. The maximum Gasteiger partial charge on any atom is 0.308 e. The fourth-order valence-corrected chi connectivity index (χ4v) is 1.66. The van der Waals surface area contributed by atoms with Crippen LogP contribution in [0.3, 0.4) is 0 Å². The number of amides is 1. The third kappa shape index (κ3) is 1.96. The molecular formula is C9H8ClN3O3. The molecule has 84 valence electrons. The van der Waals surface area contributed by atoms with E-state index < -0.39 is 11.9 Å². The smallest absolute Gasteiger partial charge is 0.308 e. The Balaban J connectivity index is 2.20. The molecule has 1 N–H and O–H groups in total. The number of rotatable bonds is 2. The molecule has 0 bridgehead atoms. The molecule has 1 unspecified atom stereocenters. The lowest BCUT2D eigenvalue weighted by Gasteiger charge is -2.14. The van der Waals surface area contributed by atoms with E-state index >= 15 is 0 Å². The Bertz CT molecular complexity index is 434. The second-order valence-electron chi connectivity index (χ2n) is 3.45. The van der Waals surface area contributed by atoms with Crippen LogP contribution in [0.15, 0.2) is 12.4 Å². The van der Waals surface area contributed by atoms with Gasteiger partial charge in [0.2, 0.25) is 11.2 Å². The van der Waals surface area contributed by atoms with Crippen LogP contribution in [-0.2, 0) is 9.59 Å². The summed E-state index contributed by atoms with van der Waals surface area (Å²) in [5.74, 6) is -1.87. The van der Waals surface area contributed by atoms with Crippen molar-refractivity contribution in [1.82, 2.24) is 9.97 Å². The van der Waals surface area contributed by atoms with Crippen LogP contribution in [0, 0.1) is 5.92 Å². The van der Waals surface area contributed by atoms with Gasteiger partial charge in [0.05, 0.1) is 24.0 Å². The Morgan fingerprint density at radius 2 is 2.12 bits per heavy atom. The zero-order chi connectivity index (χ0) is 11.7. The zero-order valence-corrected chi connectivity index (χ0v) is 8.89. The standard InChI is InChI=1S/C9H8ClN3O3/c10-9-11-2-6(3-12-9)13-4-5(8(15)16)1-7(13)14/h2-3,5H,1,4H2,(H,15,16). The fourth-order valence-electron chi connectivity index (χ4n) is 1.57. The van der Waals surface area contributed by atoms with Gasteiger partial charge in [0.15, 0.2) is 0 Å². The molecule has 1 fully saturated rings. The van der Waals surface area contributed by atoms with E-state index in [1.165, 1.54) is 17.3 Å². The topological polar surface area (TPSA) is 83.4 Å². The molecule has 0 saturated carbocycles. The van der Waals surface area contributed by atoms with E-state index in [1.807, 2.05) is 0 Å². The summed E-state index contributed by atoms with van der Waals surface area (Å²) in [6.45, 7) is 0.152. The number of aromatic nitrogens is 2. The summed E-state index contributed by atoms with van der Waals surface area (Å²) < 4.78 is 0. The van der Waals surface area contributed by atoms with Gasteiger partial charge in [-0.15, -0.1) is 0 Å². The van der Waals surface area contributed by atoms with Crippen molar-refractivity contribution in [2.24, 2.45) is 5.92 Å². The number of aliphatic carboxylic acids is 1. The van der Waals surface area contributed by atoms with Crippen molar-refractivity contribution < 1.29 is 14.7 Å². The molecule has 1 aromatic rings. The SMILES string of the molecule is O=C(O)C1CC(=O)N(c2cnc(Cl)nc2)C1. The van der Waals surface area contributed by atoms with Crippen LogP contribution in [0.25, 0.3) is 0 Å². The maximum atomic E-state index is 11.5. The number of carboxylic acid groups (broad SMARTS) is 1. The molecule has 6 nitrogen and oxygen atoms in total. The molecule has 2 rings (SSSR count). The largest absolute Gasteiger partial charge is 0.481 e. The maximum absolute atomic E-state index is 11.5. The molecular weight excluding hydrogens is 234 g/mol. The normalized spacial score (nSPS) is 20.2. The molecule has 0 radical (unpaired) electrons. The van der Waals surface area contributed by atoms with Gasteiger partial charge in [0.25, 0.3) is 0 Å². The van der Waals surface area contributed by atoms with Crippen molar-refractivity contribution in [3.63, 3.8) is 0 Å². The van der Waals surface area contributed by atoms with Gasteiger partial charge < -0.3 is 10.0 Å².